The Labute approximate surface area is 195 Å². The zero-order chi connectivity index (χ0) is 23.8. The van der Waals surface area contributed by atoms with E-state index in [1.165, 1.54) is 29.2 Å². The summed E-state index contributed by atoms with van der Waals surface area (Å²) in [4.78, 5) is 39.4. The Morgan fingerprint density at radius 3 is 2.30 bits per heavy atom. The molecule has 1 saturated carbocycles. The second-order valence-corrected chi connectivity index (χ2v) is 9.51. The number of hydrogen-bond acceptors (Lipinski definition) is 4. The second-order valence-electron chi connectivity index (χ2n) is 8.05. The highest BCUT2D eigenvalue weighted by atomic mass is 32.2. The number of para-hydroxylation sites is 1. The van der Waals surface area contributed by atoms with Crippen molar-refractivity contribution in [3.8, 4) is 0 Å². The first-order valence-corrected chi connectivity index (χ1v) is 12.4. The molecule has 2 unspecified atom stereocenters. The molecule has 176 valence electrons. The third-order valence-electron chi connectivity index (χ3n) is 5.48. The lowest BCUT2D eigenvalue weighted by Gasteiger charge is -2.29. The molecule has 2 atom stereocenters. The number of anilines is 2. The maximum Gasteiger partial charge on any atom is 0.243 e. The van der Waals surface area contributed by atoms with Crippen LogP contribution in [0.15, 0.2) is 54.6 Å². The van der Waals surface area contributed by atoms with Crippen LogP contribution in [0.4, 0.5) is 15.8 Å². The number of nitrogens with zero attached hydrogens (tertiary/aromatic N) is 1. The molecule has 7 nitrogen and oxygen atoms in total. The fourth-order valence-corrected chi connectivity index (χ4v) is 4.70. The minimum absolute atomic E-state index is 0.108. The molecule has 0 heterocycles. The molecule has 2 aromatic rings. The third kappa shape index (κ3) is 7.21. The number of carbonyl (C=O) groups excluding carboxylic acids is 3. The number of nitrogens with one attached hydrogen (secondary N) is 2. The molecule has 0 aliphatic heterocycles. The number of amides is 3. The van der Waals surface area contributed by atoms with Gasteiger partial charge in [0.05, 0.1) is 0 Å². The minimum atomic E-state index is -1.80. The Kier molecular flexibility index (Phi) is 8.71. The normalized spacial score (nSPS) is 15.5. The number of halogens is 1. The van der Waals surface area contributed by atoms with E-state index >= 15 is 0 Å². The van der Waals surface area contributed by atoms with Gasteiger partial charge in [-0.25, -0.2) is 4.39 Å². The van der Waals surface area contributed by atoms with Gasteiger partial charge < -0.3 is 10.6 Å². The lowest BCUT2D eigenvalue weighted by molar-refractivity contribution is -0.125. The number of carbonyl (C=O) groups is 3. The summed E-state index contributed by atoms with van der Waals surface area (Å²) in [5.74, 6) is -2.57. The molecule has 2 N–H and O–H groups in total. The summed E-state index contributed by atoms with van der Waals surface area (Å²) >= 11 is 0. The van der Waals surface area contributed by atoms with Gasteiger partial charge in [0.25, 0.3) is 0 Å². The van der Waals surface area contributed by atoms with Gasteiger partial charge in [-0.05, 0) is 56.2 Å². The van der Waals surface area contributed by atoms with Crippen LogP contribution >= 0.6 is 0 Å². The second kappa shape index (κ2) is 11.7. The van der Waals surface area contributed by atoms with Crippen LogP contribution in [-0.2, 0) is 25.2 Å². The summed E-state index contributed by atoms with van der Waals surface area (Å²) in [6, 6.07) is 13.2. The highest BCUT2D eigenvalue weighted by molar-refractivity contribution is 7.86. The van der Waals surface area contributed by atoms with Crippen molar-refractivity contribution in [2.24, 2.45) is 0 Å². The van der Waals surface area contributed by atoms with Gasteiger partial charge in [0, 0.05) is 28.2 Å². The smallest absolute Gasteiger partial charge is 0.243 e. The molecule has 1 fully saturated rings. The topological polar surface area (TPSA) is 95.6 Å². The van der Waals surface area contributed by atoms with Gasteiger partial charge in [0.15, 0.2) is 0 Å². The van der Waals surface area contributed by atoms with Gasteiger partial charge in [-0.1, -0.05) is 31.0 Å². The highest BCUT2D eigenvalue weighted by Crippen LogP contribution is 2.20. The van der Waals surface area contributed by atoms with E-state index in [2.05, 4.69) is 10.6 Å². The van der Waals surface area contributed by atoms with Gasteiger partial charge in [-0.2, -0.15) is 0 Å². The molecule has 1 aliphatic carbocycles. The zero-order valence-corrected chi connectivity index (χ0v) is 19.3. The van der Waals surface area contributed by atoms with Crippen molar-refractivity contribution in [2.75, 3.05) is 21.7 Å². The molecule has 0 spiro atoms. The molecular formula is C24H28FN3O4S. The fraction of sp³-hybridized carbons (Fsp3) is 0.375. The maximum absolute atomic E-state index is 13.1. The summed E-state index contributed by atoms with van der Waals surface area (Å²) in [5, 5.41) is 5.53. The molecule has 0 aromatic heterocycles. The van der Waals surface area contributed by atoms with E-state index < -0.39 is 46.0 Å². The van der Waals surface area contributed by atoms with Gasteiger partial charge in [-0.3, -0.25) is 23.5 Å². The average Bonchev–Trinajstić information content (AvgIpc) is 3.29. The van der Waals surface area contributed by atoms with E-state index in [4.69, 9.17) is 0 Å². The summed E-state index contributed by atoms with van der Waals surface area (Å²) in [6.45, 7) is 1.64. The first-order valence-electron chi connectivity index (χ1n) is 10.9. The fourth-order valence-electron chi connectivity index (χ4n) is 3.82. The monoisotopic (exact) mass is 473 g/mol. The van der Waals surface area contributed by atoms with Crippen LogP contribution in [0.1, 0.15) is 32.6 Å². The van der Waals surface area contributed by atoms with E-state index in [0.717, 1.165) is 25.7 Å². The van der Waals surface area contributed by atoms with Crippen LogP contribution in [0.5, 0.6) is 0 Å². The van der Waals surface area contributed by atoms with E-state index in [9.17, 15) is 23.0 Å². The number of benzene rings is 2. The van der Waals surface area contributed by atoms with Gasteiger partial charge in [0.1, 0.15) is 23.4 Å². The van der Waals surface area contributed by atoms with Crippen molar-refractivity contribution < 1.29 is 23.0 Å². The Morgan fingerprint density at radius 2 is 1.67 bits per heavy atom. The largest absolute Gasteiger partial charge is 0.352 e. The average molecular weight is 474 g/mol. The molecular weight excluding hydrogens is 445 g/mol. The SMILES string of the molecule is CC(C(=O)NC1CCCC1)N(C(=O)CS(=O)CC(=O)Nc1ccc(F)cc1)c1ccccc1. The molecule has 0 radical (unpaired) electrons. The Hall–Kier alpha value is -3.07. The summed E-state index contributed by atoms with van der Waals surface area (Å²) in [5.41, 5.74) is 0.886. The molecule has 1 aliphatic rings. The first-order chi connectivity index (χ1) is 15.8. The van der Waals surface area contributed by atoms with Crippen LogP contribution in [0.2, 0.25) is 0 Å². The molecule has 2 aromatic carbocycles. The van der Waals surface area contributed by atoms with Crippen molar-refractivity contribution in [2.45, 2.75) is 44.7 Å². The van der Waals surface area contributed by atoms with Crippen LogP contribution in [0.25, 0.3) is 0 Å². The van der Waals surface area contributed by atoms with Gasteiger partial charge in [-0.15, -0.1) is 0 Å². The third-order valence-corrected chi connectivity index (χ3v) is 6.63. The zero-order valence-electron chi connectivity index (χ0n) is 18.5. The predicted octanol–water partition coefficient (Wildman–Crippen LogP) is 2.99. The first kappa shape index (κ1) is 24.6. The summed E-state index contributed by atoms with van der Waals surface area (Å²) in [7, 11) is -1.80. The van der Waals surface area contributed by atoms with Crippen molar-refractivity contribution in [1.29, 1.82) is 0 Å². The Balaban J connectivity index is 1.64. The van der Waals surface area contributed by atoms with E-state index in [1.807, 2.05) is 0 Å². The number of rotatable bonds is 9. The van der Waals surface area contributed by atoms with E-state index in [-0.39, 0.29) is 11.9 Å². The highest BCUT2D eigenvalue weighted by Gasteiger charge is 2.30. The van der Waals surface area contributed by atoms with E-state index in [1.54, 1.807) is 37.3 Å². The molecule has 33 heavy (non-hydrogen) atoms. The molecule has 3 rings (SSSR count). The Bertz CT molecular complexity index is 995. The van der Waals surface area contributed by atoms with Gasteiger partial charge >= 0.3 is 0 Å². The lowest BCUT2D eigenvalue weighted by atomic mass is 10.1. The van der Waals surface area contributed by atoms with Crippen LogP contribution in [-0.4, -0.2) is 45.5 Å². The van der Waals surface area contributed by atoms with E-state index in [0.29, 0.717) is 11.4 Å². The Morgan fingerprint density at radius 1 is 1.03 bits per heavy atom. The van der Waals surface area contributed by atoms with Crippen molar-refractivity contribution >= 4 is 39.9 Å². The number of hydrogen-bond donors (Lipinski definition) is 2. The quantitative estimate of drug-likeness (QED) is 0.585. The minimum Gasteiger partial charge on any atom is -0.352 e. The lowest BCUT2D eigenvalue weighted by Crippen LogP contribution is -2.51. The van der Waals surface area contributed by atoms with Crippen LogP contribution in [0, 0.1) is 5.82 Å². The van der Waals surface area contributed by atoms with Crippen molar-refractivity contribution in [1.82, 2.24) is 5.32 Å². The van der Waals surface area contributed by atoms with Gasteiger partial charge in [0.2, 0.25) is 17.7 Å². The molecule has 0 bridgehead atoms. The van der Waals surface area contributed by atoms with Crippen LogP contribution < -0.4 is 15.5 Å². The predicted molar refractivity (Wildman–Crippen MR) is 127 cm³/mol. The molecule has 3 amide bonds. The maximum atomic E-state index is 13.1. The molecule has 0 saturated heterocycles. The standard InChI is InChI=1S/C24H28FN3O4S/c1-17(24(31)27-19-7-5-6-8-19)28(21-9-3-2-4-10-21)23(30)16-33(32)15-22(29)26-20-13-11-18(25)12-14-20/h2-4,9-14,17,19H,5-8,15-16H2,1H3,(H,26,29)(H,27,31). The summed E-state index contributed by atoms with van der Waals surface area (Å²) < 4.78 is 25.6. The van der Waals surface area contributed by atoms with Crippen molar-refractivity contribution in [3.05, 3.63) is 60.4 Å². The summed E-state index contributed by atoms with van der Waals surface area (Å²) in [6.07, 6.45) is 3.98. The van der Waals surface area contributed by atoms with Crippen LogP contribution in [0.3, 0.4) is 0 Å². The molecule has 9 heteroatoms. The van der Waals surface area contributed by atoms with Crippen molar-refractivity contribution in [3.63, 3.8) is 0 Å².